The summed E-state index contributed by atoms with van der Waals surface area (Å²) in [5.74, 6) is -0.774. The van der Waals surface area contributed by atoms with Gasteiger partial charge in [0.05, 0.1) is 5.69 Å². The normalized spacial score (nSPS) is 12.6. The molecule has 1 rings (SSSR count). The average Bonchev–Trinajstić information content (AvgIpc) is 2.75. The van der Waals surface area contributed by atoms with Crippen LogP contribution in [0.2, 0.25) is 0 Å². The first kappa shape index (κ1) is 16.9. The second-order valence-corrected chi connectivity index (χ2v) is 5.77. The van der Waals surface area contributed by atoms with Crippen LogP contribution in [-0.2, 0) is 9.53 Å². The molecular weight excluding hydrogens is 272 g/mol. The summed E-state index contributed by atoms with van der Waals surface area (Å²) in [4.78, 5) is 23.9. The van der Waals surface area contributed by atoms with Gasteiger partial charge in [0.25, 0.3) is 0 Å². The molecule has 7 heteroatoms. The van der Waals surface area contributed by atoms with Gasteiger partial charge in [-0.1, -0.05) is 17.9 Å². The summed E-state index contributed by atoms with van der Waals surface area (Å²) in [5.41, 5.74) is 0.249. The van der Waals surface area contributed by atoms with Gasteiger partial charge in [-0.15, -0.1) is 5.10 Å². The zero-order valence-corrected chi connectivity index (χ0v) is 13.1. The molecule has 1 atom stereocenters. The lowest BCUT2D eigenvalue weighted by Gasteiger charge is -2.23. The van der Waals surface area contributed by atoms with Crippen LogP contribution >= 0.6 is 0 Å². The molecule has 0 spiro atoms. The Hall–Kier alpha value is -2.18. The molecule has 1 heterocycles. The van der Waals surface area contributed by atoms with Gasteiger partial charge < -0.3 is 10.1 Å². The van der Waals surface area contributed by atoms with Crippen LogP contribution in [0.15, 0.2) is 12.7 Å². The van der Waals surface area contributed by atoms with E-state index < -0.39 is 12.0 Å². The Kier molecular flexibility index (Phi) is 5.23. The van der Waals surface area contributed by atoms with Crippen LogP contribution in [0.3, 0.4) is 0 Å². The first-order valence-corrected chi connectivity index (χ1v) is 6.69. The van der Waals surface area contributed by atoms with Crippen LogP contribution < -0.4 is 5.32 Å². The molecule has 1 aromatic heterocycles. The number of carbonyl (C=O) groups is 2. The van der Waals surface area contributed by atoms with E-state index in [1.165, 1.54) is 10.8 Å². The summed E-state index contributed by atoms with van der Waals surface area (Å²) >= 11 is 0. The maximum Gasteiger partial charge on any atom is 0.361 e. The summed E-state index contributed by atoms with van der Waals surface area (Å²) in [5, 5.41) is 10.5. The number of nitrogens with one attached hydrogen (secondary N) is 1. The summed E-state index contributed by atoms with van der Waals surface area (Å²) in [6, 6.07) is -0.572. The molecule has 21 heavy (non-hydrogen) atoms. The summed E-state index contributed by atoms with van der Waals surface area (Å²) in [7, 11) is 0. The third-order valence-corrected chi connectivity index (χ3v) is 2.70. The zero-order chi connectivity index (χ0) is 16.2. The summed E-state index contributed by atoms with van der Waals surface area (Å²) < 4.78 is 6.33. The average molecular weight is 294 g/mol. The minimum atomic E-state index is -0.581. The number of carbonyl (C=O) groups excluding carboxylic acids is 2. The predicted octanol–water partition coefficient (Wildman–Crippen LogP) is 1.41. The van der Waals surface area contributed by atoms with E-state index in [2.05, 4.69) is 22.2 Å². The first-order chi connectivity index (χ1) is 9.67. The van der Waals surface area contributed by atoms with Crippen molar-refractivity contribution in [3.63, 3.8) is 0 Å². The highest BCUT2D eigenvalue weighted by molar-refractivity contribution is 5.88. The number of hydrogen-bond donors (Lipinski definition) is 1. The molecule has 0 aliphatic heterocycles. The van der Waals surface area contributed by atoms with Gasteiger partial charge in [-0.05, 0) is 34.6 Å². The molecule has 0 saturated heterocycles. The van der Waals surface area contributed by atoms with E-state index in [4.69, 9.17) is 4.74 Å². The van der Waals surface area contributed by atoms with Crippen LogP contribution in [0.25, 0.3) is 0 Å². The number of esters is 1. The van der Waals surface area contributed by atoms with Crippen molar-refractivity contribution >= 4 is 11.9 Å². The van der Waals surface area contributed by atoms with Crippen molar-refractivity contribution in [2.24, 2.45) is 0 Å². The Morgan fingerprint density at radius 3 is 2.62 bits per heavy atom. The Bertz CT molecular complexity index is 543. The van der Waals surface area contributed by atoms with Crippen LogP contribution in [0.1, 0.15) is 49.9 Å². The Labute approximate surface area is 124 Å². The van der Waals surface area contributed by atoms with Gasteiger partial charge in [0, 0.05) is 5.54 Å². The largest absolute Gasteiger partial charge is 0.457 e. The highest BCUT2D eigenvalue weighted by Crippen LogP contribution is 2.13. The van der Waals surface area contributed by atoms with Crippen molar-refractivity contribution in [1.82, 2.24) is 20.3 Å². The molecule has 1 N–H and O–H groups in total. The molecule has 1 unspecified atom stereocenters. The van der Waals surface area contributed by atoms with E-state index in [0.717, 1.165) is 0 Å². The molecule has 0 radical (unpaired) electrons. The summed E-state index contributed by atoms with van der Waals surface area (Å²) in [6.45, 7) is 12.6. The molecule has 0 saturated carbocycles. The van der Waals surface area contributed by atoms with Gasteiger partial charge >= 0.3 is 5.97 Å². The fraction of sp³-hybridized carbons (Fsp3) is 0.571. The van der Waals surface area contributed by atoms with Crippen molar-refractivity contribution in [3.05, 3.63) is 24.0 Å². The Morgan fingerprint density at radius 2 is 2.10 bits per heavy atom. The molecular formula is C14H22N4O3. The lowest BCUT2D eigenvalue weighted by molar-refractivity contribution is -0.125. The van der Waals surface area contributed by atoms with Crippen LogP contribution in [0, 0.1) is 6.92 Å². The predicted molar refractivity (Wildman–Crippen MR) is 77.8 cm³/mol. The van der Waals surface area contributed by atoms with Crippen LogP contribution in [0.5, 0.6) is 0 Å². The quantitative estimate of drug-likeness (QED) is 0.655. The monoisotopic (exact) mass is 294 g/mol. The molecule has 0 aliphatic carbocycles. The van der Waals surface area contributed by atoms with E-state index in [1.54, 1.807) is 13.8 Å². The Morgan fingerprint density at radius 1 is 1.48 bits per heavy atom. The number of aromatic nitrogens is 3. The lowest BCUT2D eigenvalue weighted by atomic mass is 10.1. The molecule has 116 valence electrons. The van der Waals surface area contributed by atoms with E-state index in [0.29, 0.717) is 5.69 Å². The third-order valence-electron chi connectivity index (χ3n) is 2.70. The van der Waals surface area contributed by atoms with Crippen molar-refractivity contribution < 1.29 is 14.3 Å². The third kappa shape index (κ3) is 4.40. The van der Waals surface area contributed by atoms with E-state index in [-0.39, 0.29) is 23.7 Å². The molecule has 0 aliphatic rings. The van der Waals surface area contributed by atoms with E-state index in [9.17, 15) is 9.59 Å². The van der Waals surface area contributed by atoms with Gasteiger partial charge in [-0.2, -0.15) is 0 Å². The number of amides is 1. The molecule has 0 aromatic carbocycles. The fourth-order valence-corrected chi connectivity index (χ4v) is 1.69. The van der Waals surface area contributed by atoms with E-state index in [1.807, 2.05) is 20.8 Å². The second kappa shape index (κ2) is 6.51. The lowest BCUT2D eigenvalue weighted by Crippen LogP contribution is -2.44. The maximum absolute atomic E-state index is 12.1. The van der Waals surface area contributed by atoms with E-state index >= 15 is 0 Å². The maximum atomic E-state index is 12.1. The number of ether oxygens (including phenoxy) is 1. The van der Waals surface area contributed by atoms with Gasteiger partial charge in [-0.25, -0.2) is 9.48 Å². The number of nitrogens with zero attached hydrogens (tertiary/aromatic N) is 3. The molecule has 0 fully saturated rings. The summed E-state index contributed by atoms with van der Waals surface area (Å²) in [6.07, 6.45) is 1.47. The standard InChI is InChI=1S/C14H22N4O3/c1-7-8-21-13(20)11-9(2)18(17-16-11)10(3)12(19)15-14(4,5)6/h7,10H,1,8H2,2-6H3,(H,15,19). The zero-order valence-electron chi connectivity index (χ0n) is 13.1. The Balaban J connectivity index is 2.90. The highest BCUT2D eigenvalue weighted by atomic mass is 16.5. The minimum absolute atomic E-state index is 0.102. The molecule has 1 amide bonds. The fourth-order valence-electron chi connectivity index (χ4n) is 1.69. The SMILES string of the molecule is C=CCOC(=O)c1nnn(C(C)C(=O)NC(C)(C)C)c1C. The molecule has 1 aromatic rings. The minimum Gasteiger partial charge on any atom is -0.457 e. The molecule has 7 nitrogen and oxygen atoms in total. The number of hydrogen-bond acceptors (Lipinski definition) is 5. The molecule has 0 bridgehead atoms. The van der Waals surface area contributed by atoms with Crippen LogP contribution in [0.4, 0.5) is 0 Å². The first-order valence-electron chi connectivity index (χ1n) is 6.69. The smallest absolute Gasteiger partial charge is 0.361 e. The van der Waals surface area contributed by atoms with Crippen molar-refractivity contribution in [1.29, 1.82) is 0 Å². The highest BCUT2D eigenvalue weighted by Gasteiger charge is 2.25. The van der Waals surface area contributed by atoms with Crippen LogP contribution in [-0.4, -0.2) is 39.0 Å². The van der Waals surface area contributed by atoms with Gasteiger partial charge in [0.2, 0.25) is 5.91 Å². The van der Waals surface area contributed by atoms with Gasteiger partial charge in [0.15, 0.2) is 5.69 Å². The van der Waals surface area contributed by atoms with Crippen molar-refractivity contribution in [3.8, 4) is 0 Å². The second-order valence-electron chi connectivity index (χ2n) is 5.77. The topological polar surface area (TPSA) is 86.1 Å². The van der Waals surface area contributed by atoms with Gasteiger partial charge in [0.1, 0.15) is 12.6 Å². The van der Waals surface area contributed by atoms with Crippen molar-refractivity contribution in [2.75, 3.05) is 6.61 Å². The van der Waals surface area contributed by atoms with Crippen molar-refractivity contribution in [2.45, 2.75) is 46.2 Å². The number of rotatable bonds is 5. The van der Waals surface area contributed by atoms with Gasteiger partial charge in [-0.3, -0.25) is 4.79 Å².